The van der Waals surface area contributed by atoms with Crippen LogP contribution in [0.4, 0.5) is 10.7 Å². The van der Waals surface area contributed by atoms with E-state index in [0.29, 0.717) is 16.5 Å². The molecule has 0 saturated heterocycles. The number of anilines is 1. The van der Waals surface area contributed by atoms with E-state index >= 15 is 0 Å². The van der Waals surface area contributed by atoms with Gasteiger partial charge < -0.3 is 10.1 Å². The van der Waals surface area contributed by atoms with Crippen LogP contribution in [0.15, 0.2) is 18.2 Å². The van der Waals surface area contributed by atoms with Crippen molar-refractivity contribution in [2.45, 2.75) is 32.6 Å². The first-order chi connectivity index (χ1) is 13.0. The first kappa shape index (κ1) is 18.9. The summed E-state index contributed by atoms with van der Waals surface area (Å²) in [5.41, 5.74) is 1.41. The Hall–Kier alpha value is -2.92. The monoisotopic (exact) mass is 385 g/mol. The molecule has 7 nitrogen and oxygen atoms in total. The second-order valence-corrected chi connectivity index (χ2v) is 7.54. The van der Waals surface area contributed by atoms with Crippen LogP contribution in [0.5, 0.6) is 5.75 Å². The van der Waals surface area contributed by atoms with Gasteiger partial charge in [-0.3, -0.25) is 14.9 Å². The topological polar surface area (TPSA) is 105 Å². The molecule has 0 saturated carbocycles. The van der Waals surface area contributed by atoms with Gasteiger partial charge in [-0.1, -0.05) is 13.3 Å². The number of benzene rings is 1. The smallest absolute Gasteiger partial charge is 0.311 e. The molecule has 1 aromatic carbocycles. The van der Waals surface area contributed by atoms with E-state index in [-0.39, 0.29) is 17.0 Å². The molecular weight excluding hydrogens is 366 g/mol. The molecule has 1 amide bonds. The maximum absolute atomic E-state index is 12.6. The van der Waals surface area contributed by atoms with E-state index in [1.54, 1.807) is 0 Å². The first-order valence-corrected chi connectivity index (χ1v) is 9.48. The number of thiophene rings is 1. The van der Waals surface area contributed by atoms with Gasteiger partial charge >= 0.3 is 5.69 Å². The summed E-state index contributed by atoms with van der Waals surface area (Å²) in [7, 11) is 1.33. The van der Waals surface area contributed by atoms with Crippen molar-refractivity contribution in [1.82, 2.24) is 0 Å². The molecule has 0 spiro atoms. The van der Waals surface area contributed by atoms with E-state index in [2.05, 4.69) is 18.3 Å². The minimum absolute atomic E-state index is 0.0893. The quantitative estimate of drug-likeness (QED) is 0.610. The summed E-state index contributed by atoms with van der Waals surface area (Å²) < 4.78 is 4.96. The number of fused-ring (bicyclic) bond motifs is 1. The highest BCUT2D eigenvalue weighted by Crippen LogP contribution is 2.40. The molecule has 1 aromatic heterocycles. The fraction of sp³-hybridized carbons (Fsp3) is 0.368. The Morgan fingerprint density at radius 1 is 1.52 bits per heavy atom. The second-order valence-electron chi connectivity index (χ2n) is 6.43. The van der Waals surface area contributed by atoms with Crippen LogP contribution >= 0.6 is 11.3 Å². The lowest BCUT2D eigenvalue weighted by Crippen LogP contribution is -2.13. The number of nitro groups is 1. The molecule has 0 aliphatic heterocycles. The predicted molar refractivity (Wildman–Crippen MR) is 102 cm³/mol. The van der Waals surface area contributed by atoms with Crippen molar-refractivity contribution < 1.29 is 14.5 Å². The van der Waals surface area contributed by atoms with E-state index in [0.717, 1.165) is 36.1 Å². The summed E-state index contributed by atoms with van der Waals surface area (Å²) >= 11 is 1.43. The summed E-state index contributed by atoms with van der Waals surface area (Å²) in [5.74, 6) is 0.213. The normalized spacial score (nSPS) is 15.5. The van der Waals surface area contributed by atoms with Gasteiger partial charge in [-0.25, -0.2) is 0 Å². The number of rotatable bonds is 5. The average molecular weight is 385 g/mol. The molecule has 1 atom stereocenters. The lowest BCUT2D eigenvalue weighted by atomic mass is 9.86. The van der Waals surface area contributed by atoms with Crippen molar-refractivity contribution in [1.29, 1.82) is 5.26 Å². The summed E-state index contributed by atoms with van der Waals surface area (Å²) in [5, 5.41) is 24.0. The molecule has 1 aliphatic carbocycles. The van der Waals surface area contributed by atoms with Crippen molar-refractivity contribution >= 4 is 27.9 Å². The minimum atomic E-state index is -0.592. The maximum Gasteiger partial charge on any atom is 0.311 e. The van der Waals surface area contributed by atoms with Crippen LogP contribution in [0.25, 0.3) is 0 Å². The van der Waals surface area contributed by atoms with Crippen molar-refractivity contribution in [3.63, 3.8) is 0 Å². The van der Waals surface area contributed by atoms with Gasteiger partial charge in [0.05, 0.1) is 17.6 Å². The number of nitrogens with zero attached hydrogens (tertiary/aromatic N) is 2. The van der Waals surface area contributed by atoms with Crippen LogP contribution in [-0.2, 0) is 12.8 Å². The van der Waals surface area contributed by atoms with Gasteiger partial charge in [0.25, 0.3) is 5.91 Å². The van der Waals surface area contributed by atoms with Crippen molar-refractivity contribution in [3.8, 4) is 11.8 Å². The molecule has 0 unspecified atom stereocenters. The van der Waals surface area contributed by atoms with Crippen LogP contribution in [-0.4, -0.2) is 17.9 Å². The van der Waals surface area contributed by atoms with Gasteiger partial charge in [0.15, 0.2) is 5.75 Å². The van der Waals surface area contributed by atoms with E-state index in [1.807, 2.05) is 0 Å². The van der Waals surface area contributed by atoms with Crippen molar-refractivity contribution in [2.75, 3.05) is 12.4 Å². The molecular formula is C19H19N3O4S. The molecule has 1 heterocycles. The molecule has 0 radical (unpaired) electrons. The highest BCUT2D eigenvalue weighted by Gasteiger charge is 2.26. The Labute approximate surface area is 160 Å². The number of amides is 1. The van der Waals surface area contributed by atoms with Gasteiger partial charge in [-0.2, -0.15) is 5.26 Å². The molecule has 2 aromatic rings. The first-order valence-electron chi connectivity index (χ1n) is 8.66. The number of methoxy groups -OCH3 is 1. The third-order valence-corrected chi connectivity index (χ3v) is 6.09. The predicted octanol–water partition coefficient (Wildman–Crippen LogP) is 4.30. The Kier molecular flexibility index (Phi) is 5.42. The molecule has 0 bridgehead atoms. The number of carbonyl (C=O) groups is 1. The van der Waals surface area contributed by atoms with Crippen LogP contribution in [0.3, 0.4) is 0 Å². The van der Waals surface area contributed by atoms with Crippen molar-refractivity contribution in [2.24, 2.45) is 5.92 Å². The Balaban J connectivity index is 1.89. The van der Waals surface area contributed by atoms with Gasteiger partial charge in [0.2, 0.25) is 0 Å². The maximum atomic E-state index is 12.6. The van der Waals surface area contributed by atoms with E-state index in [4.69, 9.17) is 4.74 Å². The van der Waals surface area contributed by atoms with Crippen LogP contribution in [0.2, 0.25) is 0 Å². The van der Waals surface area contributed by atoms with Crippen LogP contribution in [0, 0.1) is 27.4 Å². The molecule has 27 heavy (non-hydrogen) atoms. The number of nitrogens with one attached hydrogen (secondary N) is 1. The SMILES string of the molecule is CC[C@H]1CCc2c(sc(NC(=O)c3ccc(OC)c([N+](=O)[O-])c3)c2C#N)C1. The molecule has 140 valence electrons. The lowest BCUT2D eigenvalue weighted by molar-refractivity contribution is -0.385. The van der Waals surface area contributed by atoms with E-state index in [1.165, 1.54) is 36.6 Å². The highest BCUT2D eigenvalue weighted by atomic mass is 32.1. The largest absolute Gasteiger partial charge is 0.490 e. The number of carbonyl (C=O) groups excluding carboxylic acids is 1. The average Bonchev–Trinajstić information content (AvgIpc) is 3.02. The molecule has 1 N–H and O–H groups in total. The molecule has 1 aliphatic rings. The second kappa shape index (κ2) is 7.76. The minimum Gasteiger partial charge on any atom is -0.490 e. The van der Waals surface area contributed by atoms with Crippen molar-refractivity contribution in [3.05, 3.63) is 49.9 Å². The Morgan fingerprint density at radius 3 is 2.93 bits per heavy atom. The number of nitro benzene ring substituents is 1. The van der Waals surface area contributed by atoms with E-state index in [9.17, 15) is 20.2 Å². The molecule has 0 fully saturated rings. The summed E-state index contributed by atoms with van der Waals surface area (Å²) in [6.45, 7) is 2.16. The zero-order chi connectivity index (χ0) is 19.6. The molecule has 3 rings (SSSR count). The fourth-order valence-corrected chi connectivity index (χ4v) is 4.67. The number of hydrogen-bond donors (Lipinski definition) is 1. The van der Waals surface area contributed by atoms with Gasteiger partial charge in [-0.15, -0.1) is 11.3 Å². The van der Waals surface area contributed by atoms with Gasteiger partial charge in [0, 0.05) is 16.5 Å². The Bertz CT molecular complexity index is 945. The zero-order valence-corrected chi connectivity index (χ0v) is 15.9. The molecule has 8 heteroatoms. The van der Waals surface area contributed by atoms with Gasteiger partial charge in [0.1, 0.15) is 11.1 Å². The van der Waals surface area contributed by atoms with Crippen LogP contribution in [0.1, 0.15) is 46.1 Å². The van der Waals surface area contributed by atoms with Crippen LogP contribution < -0.4 is 10.1 Å². The number of hydrogen-bond acceptors (Lipinski definition) is 6. The number of ether oxygens (including phenoxy) is 1. The standard InChI is InChI=1S/C19H19N3O4S/c1-3-11-4-6-13-14(10-20)19(27-17(13)8-11)21-18(23)12-5-7-16(26-2)15(9-12)22(24)25/h5,7,9,11H,3-4,6,8H2,1-2H3,(H,21,23)/t11-/m0/s1. The van der Waals surface area contributed by atoms with Gasteiger partial charge in [-0.05, 0) is 42.9 Å². The number of nitriles is 1. The lowest BCUT2D eigenvalue weighted by Gasteiger charge is -2.20. The highest BCUT2D eigenvalue weighted by molar-refractivity contribution is 7.16. The summed E-state index contributed by atoms with van der Waals surface area (Å²) in [4.78, 5) is 24.3. The summed E-state index contributed by atoms with van der Waals surface area (Å²) in [6.07, 6.45) is 3.91. The zero-order valence-electron chi connectivity index (χ0n) is 15.1. The van der Waals surface area contributed by atoms with E-state index < -0.39 is 10.8 Å². The summed E-state index contributed by atoms with van der Waals surface area (Å²) in [6, 6.07) is 6.25. The Morgan fingerprint density at radius 2 is 2.30 bits per heavy atom. The third-order valence-electron chi connectivity index (χ3n) is 4.92. The third kappa shape index (κ3) is 3.64. The fourth-order valence-electron chi connectivity index (χ4n) is 3.36.